The third-order valence-electron chi connectivity index (χ3n) is 3.08. The van der Waals surface area contributed by atoms with E-state index in [4.69, 9.17) is 15.2 Å². The molecule has 0 radical (unpaired) electrons. The monoisotopic (exact) mass is 250 g/mol. The summed E-state index contributed by atoms with van der Waals surface area (Å²) in [5.74, 6) is 0.686. The maximum atomic E-state index is 5.75. The Labute approximate surface area is 108 Å². The summed E-state index contributed by atoms with van der Waals surface area (Å²) >= 11 is 0. The summed E-state index contributed by atoms with van der Waals surface area (Å²) in [7, 11) is 0. The maximum absolute atomic E-state index is 5.75. The van der Waals surface area contributed by atoms with Crippen LogP contribution in [0.2, 0.25) is 0 Å². The number of hydrogen-bond acceptors (Lipinski definition) is 4. The van der Waals surface area contributed by atoms with Gasteiger partial charge in [-0.3, -0.25) is 0 Å². The molecular formula is C14H22N2O2. The van der Waals surface area contributed by atoms with E-state index in [0.717, 1.165) is 18.4 Å². The SMILES string of the molecule is CC(C)OCCOc1nc2c(cc1CN)CCC2. The number of rotatable bonds is 6. The molecule has 4 nitrogen and oxygen atoms in total. The molecule has 2 N–H and O–H groups in total. The van der Waals surface area contributed by atoms with Gasteiger partial charge in [0, 0.05) is 17.8 Å². The van der Waals surface area contributed by atoms with E-state index in [-0.39, 0.29) is 6.10 Å². The van der Waals surface area contributed by atoms with Gasteiger partial charge < -0.3 is 15.2 Å². The molecule has 1 aliphatic carbocycles. The van der Waals surface area contributed by atoms with Crippen LogP contribution in [0, 0.1) is 0 Å². The van der Waals surface area contributed by atoms with Gasteiger partial charge in [0.2, 0.25) is 5.88 Å². The first kappa shape index (κ1) is 13.3. The van der Waals surface area contributed by atoms with Crippen molar-refractivity contribution < 1.29 is 9.47 Å². The Balaban J connectivity index is 1.98. The van der Waals surface area contributed by atoms with Crippen molar-refractivity contribution in [1.82, 2.24) is 4.98 Å². The number of aryl methyl sites for hydroxylation is 2. The van der Waals surface area contributed by atoms with Crippen LogP contribution >= 0.6 is 0 Å². The predicted octanol–water partition coefficient (Wildman–Crippen LogP) is 1.83. The number of fused-ring (bicyclic) bond motifs is 1. The third kappa shape index (κ3) is 3.21. The summed E-state index contributed by atoms with van der Waals surface area (Å²) in [6.07, 6.45) is 3.59. The largest absolute Gasteiger partial charge is 0.475 e. The van der Waals surface area contributed by atoms with Crippen molar-refractivity contribution in [3.8, 4) is 5.88 Å². The second-order valence-corrected chi connectivity index (χ2v) is 4.88. The Morgan fingerprint density at radius 1 is 1.33 bits per heavy atom. The lowest BCUT2D eigenvalue weighted by molar-refractivity contribution is 0.0540. The molecule has 0 atom stereocenters. The van der Waals surface area contributed by atoms with E-state index in [1.807, 2.05) is 13.8 Å². The van der Waals surface area contributed by atoms with Crippen LogP contribution in [0.5, 0.6) is 5.88 Å². The predicted molar refractivity (Wildman–Crippen MR) is 70.7 cm³/mol. The average Bonchev–Trinajstić information content (AvgIpc) is 2.80. The number of nitrogens with two attached hydrogens (primary N) is 1. The van der Waals surface area contributed by atoms with Crippen LogP contribution in [-0.4, -0.2) is 24.3 Å². The zero-order valence-electron chi connectivity index (χ0n) is 11.2. The highest BCUT2D eigenvalue weighted by atomic mass is 16.5. The van der Waals surface area contributed by atoms with Gasteiger partial charge in [-0.05, 0) is 44.7 Å². The lowest BCUT2D eigenvalue weighted by Crippen LogP contribution is -2.14. The number of nitrogens with zero attached hydrogens (tertiary/aromatic N) is 1. The van der Waals surface area contributed by atoms with E-state index in [1.54, 1.807) is 0 Å². The van der Waals surface area contributed by atoms with Crippen molar-refractivity contribution in [2.75, 3.05) is 13.2 Å². The van der Waals surface area contributed by atoms with Crippen LogP contribution in [0.4, 0.5) is 0 Å². The Bertz CT molecular complexity index is 405. The summed E-state index contributed by atoms with van der Waals surface area (Å²) in [5.41, 5.74) is 9.25. The molecule has 0 saturated carbocycles. The summed E-state index contributed by atoms with van der Waals surface area (Å²) in [6, 6.07) is 2.15. The standard InChI is InChI=1S/C14H22N2O2/c1-10(2)17-6-7-18-14-12(9-15)8-11-4-3-5-13(11)16-14/h8,10H,3-7,9,15H2,1-2H3. The Kier molecular flexibility index (Phi) is 4.55. The van der Waals surface area contributed by atoms with Crippen LogP contribution in [0.1, 0.15) is 37.1 Å². The summed E-state index contributed by atoms with van der Waals surface area (Å²) in [5, 5.41) is 0. The molecule has 1 aromatic heterocycles. The van der Waals surface area contributed by atoms with Crippen molar-refractivity contribution in [2.45, 2.75) is 45.8 Å². The molecule has 0 fully saturated rings. The van der Waals surface area contributed by atoms with Gasteiger partial charge in [-0.15, -0.1) is 0 Å². The molecule has 1 heterocycles. The normalized spacial score (nSPS) is 14.0. The zero-order chi connectivity index (χ0) is 13.0. The van der Waals surface area contributed by atoms with Crippen molar-refractivity contribution in [2.24, 2.45) is 5.73 Å². The molecule has 18 heavy (non-hydrogen) atoms. The Hall–Kier alpha value is -1.13. The van der Waals surface area contributed by atoms with Gasteiger partial charge in [-0.1, -0.05) is 0 Å². The number of hydrogen-bond donors (Lipinski definition) is 1. The lowest BCUT2D eigenvalue weighted by atomic mass is 10.1. The molecule has 0 bridgehead atoms. The fourth-order valence-corrected chi connectivity index (χ4v) is 2.19. The average molecular weight is 250 g/mol. The van der Waals surface area contributed by atoms with Gasteiger partial charge in [0.1, 0.15) is 6.61 Å². The molecule has 1 aliphatic rings. The zero-order valence-corrected chi connectivity index (χ0v) is 11.2. The van der Waals surface area contributed by atoms with Gasteiger partial charge in [-0.2, -0.15) is 0 Å². The number of ether oxygens (including phenoxy) is 2. The molecule has 100 valence electrons. The molecule has 4 heteroatoms. The molecule has 0 saturated heterocycles. The minimum Gasteiger partial charge on any atom is -0.475 e. The van der Waals surface area contributed by atoms with Crippen LogP contribution in [0.15, 0.2) is 6.07 Å². The first-order chi connectivity index (χ1) is 8.70. The fourth-order valence-electron chi connectivity index (χ4n) is 2.19. The van der Waals surface area contributed by atoms with E-state index >= 15 is 0 Å². The van der Waals surface area contributed by atoms with Crippen LogP contribution in [0.3, 0.4) is 0 Å². The molecule has 0 unspecified atom stereocenters. The minimum atomic E-state index is 0.232. The third-order valence-corrected chi connectivity index (χ3v) is 3.08. The fraction of sp³-hybridized carbons (Fsp3) is 0.643. The first-order valence-corrected chi connectivity index (χ1v) is 6.67. The molecular weight excluding hydrogens is 228 g/mol. The summed E-state index contributed by atoms with van der Waals surface area (Å²) in [4.78, 5) is 4.58. The highest BCUT2D eigenvalue weighted by Gasteiger charge is 2.16. The topological polar surface area (TPSA) is 57.4 Å². The van der Waals surface area contributed by atoms with Crippen molar-refractivity contribution in [3.63, 3.8) is 0 Å². The molecule has 0 aliphatic heterocycles. The lowest BCUT2D eigenvalue weighted by Gasteiger charge is -2.12. The molecule has 0 aromatic carbocycles. The van der Waals surface area contributed by atoms with Crippen molar-refractivity contribution >= 4 is 0 Å². The van der Waals surface area contributed by atoms with Gasteiger partial charge >= 0.3 is 0 Å². The van der Waals surface area contributed by atoms with Crippen molar-refractivity contribution in [3.05, 3.63) is 22.9 Å². The molecule has 0 spiro atoms. The molecule has 1 aromatic rings. The number of aromatic nitrogens is 1. The van der Waals surface area contributed by atoms with Gasteiger partial charge in [0.25, 0.3) is 0 Å². The quantitative estimate of drug-likeness (QED) is 0.783. The highest BCUT2D eigenvalue weighted by Crippen LogP contribution is 2.26. The summed E-state index contributed by atoms with van der Waals surface area (Å²) < 4.78 is 11.1. The van der Waals surface area contributed by atoms with E-state index in [9.17, 15) is 0 Å². The van der Waals surface area contributed by atoms with Crippen LogP contribution < -0.4 is 10.5 Å². The molecule has 2 rings (SSSR count). The first-order valence-electron chi connectivity index (χ1n) is 6.67. The van der Waals surface area contributed by atoms with Crippen molar-refractivity contribution in [1.29, 1.82) is 0 Å². The smallest absolute Gasteiger partial charge is 0.218 e. The Morgan fingerprint density at radius 3 is 2.89 bits per heavy atom. The maximum Gasteiger partial charge on any atom is 0.218 e. The highest BCUT2D eigenvalue weighted by molar-refractivity contribution is 5.36. The van der Waals surface area contributed by atoms with Crippen LogP contribution in [-0.2, 0) is 24.1 Å². The van der Waals surface area contributed by atoms with E-state index < -0.39 is 0 Å². The van der Waals surface area contributed by atoms with E-state index in [1.165, 1.54) is 17.7 Å². The van der Waals surface area contributed by atoms with Gasteiger partial charge in [0.05, 0.1) is 12.7 Å². The second-order valence-electron chi connectivity index (χ2n) is 4.88. The summed E-state index contributed by atoms with van der Waals surface area (Å²) in [6.45, 7) is 5.61. The van der Waals surface area contributed by atoms with Gasteiger partial charge in [0.15, 0.2) is 0 Å². The minimum absolute atomic E-state index is 0.232. The molecule has 0 amide bonds. The van der Waals surface area contributed by atoms with E-state index in [0.29, 0.717) is 25.6 Å². The van der Waals surface area contributed by atoms with E-state index in [2.05, 4.69) is 11.1 Å². The number of pyridine rings is 1. The van der Waals surface area contributed by atoms with Gasteiger partial charge in [-0.25, -0.2) is 4.98 Å². The van der Waals surface area contributed by atoms with Crippen LogP contribution in [0.25, 0.3) is 0 Å². The second kappa shape index (κ2) is 6.16. The Morgan fingerprint density at radius 2 is 2.17 bits per heavy atom.